The number of nitrogens with one attached hydrogen (secondary N) is 1. The Labute approximate surface area is 169 Å². The summed E-state index contributed by atoms with van der Waals surface area (Å²) in [5.74, 6) is 0.482. The van der Waals surface area contributed by atoms with Crippen molar-refractivity contribution in [2.24, 2.45) is 5.92 Å². The molecule has 2 heterocycles. The average Bonchev–Trinajstić information content (AvgIpc) is 3.31. The number of benzene rings is 1. The van der Waals surface area contributed by atoms with E-state index < -0.39 is 5.92 Å². The summed E-state index contributed by atoms with van der Waals surface area (Å²) in [5, 5.41) is 12.6. The summed E-state index contributed by atoms with van der Waals surface area (Å²) in [6.07, 6.45) is 2.18. The van der Waals surface area contributed by atoms with Gasteiger partial charge in [0, 0.05) is 24.6 Å². The molecule has 1 atom stereocenters. The summed E-state index contributed by atoms with van der Waals surface area (Å²) < 4.78 is 5.43. The minimum absolute atomic E-state index is 0.0562. The number of carbonyl (C=O) groups is 2. The molecule has 0 saturated carbocycles. The molecule has 1 aromatic heterocycles. The van der Waals surface area contributed by atoms with E-state index >= 15 is 0 Å². The first kappa shape index (κ1) is 20.3. The van der Waals surface area contributed by atoms with Crippen LogP contribution in [0, 0.1) is 5.92 Å². The zero-order valence-electron chi connectivity index (χ0n) is 16.5. The Morgan fingerprint density at radius 1 is 1.25 bits per heavy atom. The molecular weight excluding hydrogens is 376 g/mol. The summed E-state index contributed by atoms with van der Waals surface area (Å²) in [6, 6.07) is 7.35. The second-order valence-corrected chi connectivity index (χ2v) is 7.79. The number of aromatic nitrogens is 2. The fourth-order valence-electron chi connectivity index (χ4n) is 3.32. The van der Waals surface area contributed by atoms with Gasteiger partial charge in [-0.1, -0.05) is 25.2 Å². The number of carbonyl (C=O) groups excluding carboxylic acids is 2. The lowest BCUT2D eigenvalue weighted by Gasteiger charge is -2.17. The smallest absolute Gasteiger partial charge is 0.231 e. The summed E-state index contributed by atoms with van der Waals surface area (Å²) in [7, 11) is 0. The van der Waals surface area contributed by atoms with Crippen LogP contribution in [0.3, 0.4) is 0 Å². The van der Waals surface area contributed by atoms with Gasteiger partial charge in [-0.15, -0.1) is 10.2 Å². The lowest BCUT2D eigenvalue weighted by Crippen LogP contribution is -2.28. The Hall–Kier alpha value is -2.48. The summed E-state index contributed by atoms with van der Waals surface area (Å²) >= 11 is 1.41. The fourth-order valence-corrected chi connectivity index (χ4v) is 4.33. The molecule has 2 aromatic rings. The molecule has 7 nitrogen and oxygen atoms in total. The van der Waals surface area contributed by atoms with Gasteiger partial charge in [-0.05, 0) is 44.0 Å². The first-order valence-corrected chi connectivity index (χ1v) is 10.5. The predicted molar refractivity (Wildman–Crippen MR) is 110 cm³/mol. The standard InChI is InChI=1S/C20H26N4O3S/c1-4-13(5-2)19-22-23-20(28-19)21-18(26)14-11-17(25)24(12-14)15-7-9-16(10-8-15)27-6-3/h7-10,13-14H,4-6,11-12H2,1-3H3,(H,21,23,26)/t14-/m0/s1. The molecule has 1 aromatic carbocycles. The summed E-state index contributed by atoms with van der Waals surface area (Å²) in [5.41, 5.74) is 0.774. The Morgan fingerprint density at radius 2 is 1.96 bits per heavy atom. The second kappa shape index (κ2) is 9.14. The number of anilines is 2. The molecule has 0 aliphatic carbocycles. The van der Waals surface area contributed by atoms with Gasteiger partial charge in [0.1, 0.15) is 10.8 Å². The highest BCUT2D eigenvalue weighted by Crippen LogP contribution is 2.30. The number of amides is 2. The molecule has 1 saturated heterocycles. The van der Waals surface area contributed by atoms with Crippen LogP contribution in [0.15, 0.2) is 24.3 Å². The van der Waals surface area contributed by atoms with Crippen LogP contribution in [-0.4, -0.2) is 35.2 Å². The van der Waals surface area contributed by atoms with E-state index in [1.54, 1.807) is 4.90 Å². The highest BCUT2D eigenvalue weighted by Gasteiger charge is 2.35. The van der Waals surface area contributed by atoms with E-state index in [1.807, 2.05) is 31.2 Å². The molecule has 0 unspecified atom stereocenters. The van der Waals surface area contributed by atoms with Crippen molar-refractivity contribution in [3.63, 3.8) is 0 Å². The molecule has 1 N–H and O–H groups in total. The first-order chi connectivity index (χ1) is 13.5. The van der Waals surface area contributed by atoms with Crippen LogP contribution < -0.4 is 15.0 Å². The maximum absolute atomic E-state index is 12.6. The minimum Gasteiger partial charge on any atom is -0.494 e. The van der Waals surface area contributed by atoms with Gasteiger partial charge in [0.2, 0.25) is 16.9 Å². The molecular formula is C20H26N4O3S. The van der Waals surface area contributed by atoms with Crippen LogP contribution in [0.5, 0.6) is 5.75 Å². The summed E-state index contributed by atoms with van der Waals surface area (Å²) in [4.78, 5) is 26.7. The van der Waals surface area contributed by atoms with E-state index in [0.717, 1.165) is 29.3 Å². The van der Waals surface area contributed by atoms with Crippen LogP contribution in [0.1, 0.15) is 51.0 Å². The Kier molecular flexibility index (Phi) is 6.61. The predicted octanol–water partition coefficient (Wildman–Crippen LogP) is 3.83. The Bertz CT molecular complexity index is 817. The molecule has 150 valence electrons. The van der Waals surface area contributed by atoms with Gasteiger partial charge in [0.15, 0.2) is 0 Å². The lowest BCUT2D eigenvalue weighted by atomic mass is 10.1. The van der Waals surface area contributed by atoms with E-state index in [2.05, 4.69) is 29.4 Å². The van der Waals surface area contributed by atoms with Crippen LogP contribution in [0.4, 0.5) is 10.8 Å². The zero-order chi connectivity index (χ0) is 20.1. The van der Waals surface area contributed by atoms with Crippen molar-refractivity contribution in [1.29, 1.82) is 0 Å². The van der Waals surface area contributed by atoms with E-state index in [-0.39, 0.29) is 18.2 Å². The number of ether oxygens (including phenoxy) is 1. The quantitative estimate of drug-likeness (QED) is 0.725. The third-order valence-electron chi connectivity index (χ3n) is 4.96. The van der Waals surface area contributed by atoms with Gasteiger partial charge in [0.25, 0.3) is 0 Å². The van der Waals surface area contributed by atoms with E-state index in [9.17, 15) is 9.59 Å². The third kappa shape index (κ3) is 4.49. The van der Waals surface area contributed by atoms with Crippen LogP contribution in [0.2, 0.25) is 0 Å². The number of hydrogen-bond acceptors (Lipinski definition) is 6. The minimum atomic E-state index is -0.403. The van der Waals surface area contributed by atoms with E-state index in [4.69, 9.17) is 4.74 Å². The van der Waals surface area contributed by atoms with Crippen molar-refractivity contribution < 1.29 is 14.3 Å². The van der Waals surface area contributed by atoms with Gasteiger partial charge < -0.3 is 15.0 Å². The maximum Gasteiger partial charge on any atom is 0.231 e. The van der Waals surface area contributed by atoms with Crippen molar-refractivity contribution in [1.82, 2.24) is 10.2 Å². The number of hydrogen-bond donors (Lipinski definition) is 1. The number of nitrogens with zero attached hydrogens (tertiary/aromatic N) is 3. The fraction of sp³-hybridized carbons (Fsp3) is 0.500. The van der Waals surface area contributed by atoms with Crippen LogP contribution in [0.25, 0.3) is 0 Å². The highest BCUT2D eigenvalue weighted by molar-refractivity contribution is 7.15. The molecule has 1 aliphatic rings. The third-order valence-corrected chi connectivity index (χ3v) is 5.96. The zero-order valence-corrected chi connectivity index (χ0v) is 17.3. The molecule has 0 radical (unpaired) electrons. The van der Waals surface area contributed by atoms with Crippen molar-refractivity contribution in [3.8, 4) is 5.75 Å². The topological polar surface area (TPSA) is 84.4 Å². The van der Waals surface area contributed by atoms with Crippen molar-refractivity contribution >= 4 is 34.0 Å². The SMILES string of the molecule is CCOc1ccc(N2C[C@@H](C(=O)Nc3nnc(C(CC)CC)s3)CC2=O)cc1. The van der Waals surface area contributed by atoms with Gasteiger partial charge >= 0.3 is 0 Å². The van der Waals surface area contributed by atoms with Crippen LogP contribution >= 0.6 is 11.3 Å². The molecule has 1 fully saturated rings. The van der Waals surface area contributed by atoms with Gasteiger partial charge in [-0.25, -0.2) is 0 Å². The van der Waals surface area contributed by atoms with E-state index in [1.165, 1.54) is 11.3 Å². The average molecular weight is 403 g/mol. The molecule has 1 aliphatic heterocycles. The molecule has 3 rings (SSSR count). The maximum atomic E-state index is 12.6. The largest absolute Gasteiger partial charge is 0.494 e. The molecule has 0 spiro atoms. The van der Waals surface area contributed by atoms with Gasteiger partial charge in [0.05, 0.1) is 12.5 Å². The normalized spacial score (nSPS) is 16.6. The number of rotatable bonds is 8. The Balaban J connectivity index is 1.62. The van der Waals surface area contributed by atoms with Gasteiger partial charge in [-0.3, -0.25) is 9.59 Å². The van der Waals surface area contributed by atoms with Gasteiger partial charge in [-0.2, -0.15) is 0 Å². The van der Waals surface area contributed by atoms with Crippen molar-refractivity contribution in [2.75, 3.05) is 23.4 Å². The summed E-state index contributed by atoms with van der Waals surface area (Å²) in [6.45, 7) is 7.11. The van der Waals surface area contributed by atoms with E-state index in [0.29, 0.717) is 24.2 Å². The second-order valence-electron chi connectivity index (χ2n) is 6.78. The monoisotopic (exact) mass is 402 g/mol. The van der Waals surface area contributed by atoms with Crippen LogP contribution in [-0.2, 0) is 9.59 Å². The van der Waals surface area contributed by atoms with Crippen molar-refractivity contribution in [2.45, 2.75) is 46.0 Å². The highest BCUT2D eigenvalue weighted by atomic mass is 32.1. The first-order valence-electron chi connectivity index (χ1n) is 9.73. The molecule has 0 bridgehead atoms. The van der Waals surface area contributed by atoms with Crippen molar-refractivity contribution in [3.05, 3.63) is 29.3 Å². The molecule has 8 heteroatoms. The Morgan fingerprint density at radius 3 is 2.61 bits per heavy atom. The molecule has 28 heavy (non-hydrogen) atoms. The molecule has 2 amide bonds. The lowest BCUT2D eigenvalue weighted by molar-refractivity contribution is -0.122.